The van der Waals surface area contributed by atoms with Gasteiger partial charge in [-0.05, 0) is 43.6 Å². The van der Waals surface area contributed by atoms with Gasteiger partial charge in [0.05, 0.1) is 6.61 Å². The van der Waals surface area contributed by atoms with Crippen LogP contribution in [0.1, 0.15) is 31.2 Å². The lowest BCUT2D eigenvalue weighted by atomic mass is 10.0. The number of nitrogens with one attached hydrogen (secondary N) is 2. The van der Waals surface area contributed by atoms with E-state index >= 15 is 0 Å². The fourth-order valence-electron chi connectivity index (χ4n) is 3.08. The van der Waals surface area contributed by atoms with Gasteiger partial charge in [-0.15, -0.1) is 0 Å². The van der Waals surface area contributed by atoms with Crippen LogP contribution in [0.15, 0.2) is 35.3 Å². The molecule has 0 unspecified atom stereocenters. The molecule has 1 aliphatic heterocycles. The zero-order valence-electron chi connectivity index (χ0n) is 17.3. The highest BCUT2D eigenvalue weighted by molar-refractivity contribution is 5.79. The predicted molar refractivity (Wildman–Crippen MR) is 114 cm³/mol. The summed E-state index contributed by atoms with van der Waals surface area (Å²) in [5.41, 5.74) is 1.32. The molecule has 1 fully saturated rings. The summed E-state index contributed by atoms with van der Waals surface area (Å²) in [6.07, 6.45) is 5.17. The molecule has 1 aromatic rings. The maximum Gasteiger partial charge on any atom is 0.190 e. The Kier molecular flexibility index (Phi) is 12.4. The molecule has 0 atom stereocenters. The Bertz CT molecular complexity index is 519. The highest BCUT2D eigenvalue weighted by Crippen LogP contribution is 2.14. The number of guanidine groups is 1. The fourth-order valence-corrected chi connectivity index (χ4v) is 3.08. The number of hydrogen-bond donors (Lipinski definition) is 2. The molecule has 1 saturated heterocycles. The SMILES string of the molecule is CN=C(NCCCOCCc1ccccc1)NCCCOCC1CCOCC1. The van der Waals surface area contributed by atoms with Crippen molar-refractivity contribution < 1.29 is 14.2 Å². The number of ether oxygens (including phenoxy) is 3. The minimum absolute atomic E-state index is 0.672. The summed E-state index contributed by atoms with van der Waals surface area (Å²) in [7, 11) is 1.80. The van der Waals surface area contributed by atoms with E-state index in [0.29, 0.717) is 5.92 Å². The molecule has 0 spiro atoms. The molecule has 6 heteroatoms. The molecule has 2 N–H and O–H groups in total. The van der Waals surface area contributed by atoms with Crippen molar-refractivity contribution in [1.82, 2.24) is 10.6 Å². The second-order valence-corrected chi connectivity index (χ2v) is 7.11. The summed E-state index contributed by atoms with van der Waals surface area (Å²) in [6.45, 7) is 6.66. The maximum atomic E-state index is 5.78. The normalized spacial score (nSPS) is 15.5. The average molecular weight is 392 g/mol. The Morgan fingerprint density at radius 1 is 1.00 bits per heavy atom. The monoisotopic (exact) mass is 391 g/mol. The molecule has 1 aromatic carbocycles. The minimum Gasteiger partial charge on any atom is -0.381 e. The van der Waals surface area contributed by atoms with E-state index in [2.05, 4.69) is 39.9 Å². The van der Waals surface area contributed by atoms with Crippen molar-refractivity contribution in [3.8, 4) is 0 Å². The van der Waals surface area contributed by atoms with Gasteiger partial charge in [0.15, 0.2) is 5.96 Å². The molecule has 2 rings (SSSR count). The van der Waals surface area contributed by atoms with Crippen LogP contribution in [0.5, 0.6) is 0 Å². The van der Waals surface area contributed by atoms with Gasteiger partial charge in [-0.2, -0.15) is 0 Å². The minimum atomic E-state index is 0.672. The maximum absolute atomic E-state index is 5.78. The van der Waals surface area contributed by atoms with Crippen molar-refractivity contribution in [3.63, 3.8) is 0 Å². The Labute approximate surface area is 170 Å². The third kappa shape index (κ3) is 10.6. The lowest BCUT2D eigenvalue weighted by Crippen LogP contribution is -2.38. The molecular weight excluding hydrogens is 354 g/mol. The van der Waals surface area contributed by atoms with Gasteiger partial charge in [0.2, 0.25) is 0 Å². The zero-order valence-corrected chi connectivity index (χ0v) is 17.3. The molecule has 28 heavy (non-hydrogen) atoms. The summed E-state index contributed by atoms with van der Waals surface area (Å²) < 4.78 is 16.9. The van der Waals surface area contributed by atoms with Gasteiger partial charge in [0, 0.05) is 53.2 Å². The van der Waals surface area contributed by atoms with Crippen LogP contribution in [0, 0.1) is 5.92 Å². The quantitative estimate of drug-likeness (QED) is 0.307. The molecule has 0 aliphatic carbocycles. The first-order valence-corrected chi connectivity index (χ1v) is 10.6. The molecule has 158 valence electrons. The van der Waals surface area contributed by atoms with E-state index < -0.39 is 0 Å². The zero-order chi connectivity index (χ0) is 19.7. The molecule has 0 aromatic heterocycles. The van der Waals surface area contributed by atoms with E-state index in [9.17, 15) is 0 Å². The number of aliphatic imine (C=N–C) groups is 1. The van der Waals surface area contributed by atoms with Gasteiger partial charge < -0.3 is 24.8 Å². The van der Waals surface area contributed by atoms with Gasteiger partial charge in [0.25, 0.3) is 0 Å². The predicted octanol–water partition coefficient (Wildman–Crippen LogP) is 2.63. The largest absolute Gasteiger partial charge is 0.381 e. The smallest absolute Gasteiger partial charge is 0.190 e. The van der Waals surface area contributed by atoms with Crippen LogP contribution in [-0.2, 0) is 20.6 Å². The molecule has 0 radical (unpaired) electrons. The molecule has 0 saturated carbocycles. The Morgan fingerprint density at radius 3 is 2.36 bits per heavy atom. The first-order valence-electron chi connectivity index (χ1n) is 10.6. The van der Waals surface area contributed by atoms with E-state index in [-0.39, 0.29) is 0 Å². The average Bonchev–Trinajstić information content (AvgIpc) is 2.75. The summed E-state index contributed by atoms with van der Waals surface area (Å²) in [4.78, 5) is 4.25. The van der Waals surface area contributed by atoms with Gasteiger partial charge in [-0.1, -0.05) is 30.3 Å². The van der Waals surface area contributed by atoms with E-state index in [1.54, 1.807) is 7.05 Å². The fraction of sp³-hybridized carbons (Fsp3) is 0.682. The van der Waals surface area contributed by atoms with Gasteiger partial charge >= 0.3 is 0 Å². The number of hydrogen-bond acceptors (Lipinski definition) is 4. The van der Waals surface area contributed by atoms with Gasteiger partial charge in [-0.3, -0.25) is 4.99 Å². The second-order valence-electron chi connectivity index (χ2n) is 7.11. The second kappa shape index (κ2) is 15.3. The van der Waals surface area contributed by atoms with Crippen molar-refractivity contribution in [2.24, 2.45) is 10.9 Å². The lowest BCUT2D eigenvalue weighted by molar-refractivity contribution is 0.0203. The molecule has 0 amide bonds. The van der Waals surface area contributed by atoms with Crippen molar-refractivity contribution in [3.05, 3.63) is 35.9 Å². The highest BCUT2D eigenvalue weighted by Gasteiger charge is 2.13. The van der Waals surface area contributed by atoms with E-state index in [4.69, 9.17) is 14.2 Å². The summed E-state index contributed by atoms with van der Waals surface area (Å²) in [6, 6.07) is 10.4. The standard InChI is InChI=1S/C22H37N3O3/c1-23-22(25-13-6-15-28-19-21-10-17-27-18-11-21)24-12-5-14-26-16-9-20-7-3-2-4-8-20/h2-4,7-8,21H,5-6,9-19H2,1H3,(H2,23,24,25). The van der Waals surface area contributed by atoms with Crippen molar-refractivity contribution in [2.45, 2.75) is 32.1 Å². The van der Waals surface area contributed by atoms with Gasteiger partial charge in [-0.25, -0.2) is 0 Å². The summed E-state index contributed by atoms with van der Waals surface area (Å²) >= 11 is 0. The van der Waals surface area contributed by atoms with Crippen LogP contribution in [0.25, 0.3) is 0 Å². The topological polar surface area (TPSA) is 64.1 Å². The first-order chi connectivity index (χ1) is 13.9. The van der Waals surface area contributed by atoms with Crippen LogP contribution >= 0.6 is 0 Å². The summed E-state index contributed by atoms with van der Waals surface area (Å²) in [5, 5.41) is 6.65. The van der Waals surface area contributed by atoms with E-state index in [1.165, 1.54) is 5.56 Å². The molecule has 1 heterocycles. The van der Waals surface area contributed by atoms with Crippen molar-refractivity contribution in [2.75, 3.05) is 59.8 Å². The molecule has 6 nitrogen and oxygen atoms in total. The third-order valence-electron chi connectivity index (χ3n) is 4.81. The van der Waals surface area contributed by atoms with Crippen LogP contribution in [0.2, 0.25) is 0 Å². The van der Waals surface area contributed by atoms with E-state index in [1.807, 2.05) is 6.07 Å². The molecular formula is C22H37N3O3. The highest BCUT2D eigenvalue weighted by atomic mass is 16.5. The van der Waals surface area contributed by atoms with Crippen molar-refractivity contribution in [1.29, 1.82) is 0 Å². The Hall–Kier alpha value is -1.63. The number of rotatable bonds is 13. The Morgan fingerprint density at radius 2 is 1.68 bits per heavy atom. The van der Waals surface area contributed by atoms with Crippen LogP contribution in [0.3, 0.4) is 0 Å². The van der Waals surface area contributed by atoms with Crippen LogP contribution < -0.4 is 10.6 Å². The summed E-state index contributed by atoms with van der Waals surface area (Å²) in [5.74, 6) is 1.51. The van der Waals surface area contributed by atoms with Crippen LogP contribution in [-0.4, -0.2) is 65.7 Å². The molecule has 1 aliphatic rings. The first kappa shape index (κ1) is 22.7. The number of nitrogens with zero attached hydrogens (tertiary/aromatic N) is 1. The molecule has 0 bridgehead atoms. The number of benzene rings is 1. The van der Waals surface area contributed by atoms with E-state index in [0.717, 1.165) is 90.8 Å². The third-order valence-corrected chi connectivity index (χ3v) is 4.81. The Balaban J connectivity index is 1.38. The van der Waals surface area contributed by atoms with Gasteiger partial charge in [0.1, 0.15) is 0 Å². The van der Waals surface area contributed by atoms with Crippen LogP contribution in [0.4, 0.5) is 0 Å². The van der Waals surface area contributed by atoms with Crippen molar-refractivity contribution >= 4 is 5.96 Å². The lowest BCUT2D eigenvalue weighted by Gasteiger charge is -2.21.